The molecule has 0 fully saturated rings. The van der Waals surface area contributed by atoms with E-state index in [-0.39, 0.29) is 11.9 Å². The Morgan fingerprint density at radius 1 is 1.23 bits per heavy atom. The second-order valence-corrected chi connectivity index (χ2v) is 7.30. The van der Waals surface area contributed by atoms with E-state index in [9.17, 15) is 4.79 Å². The lowest BCUT2D eigenvalue weighted by Gasteiger charge is -2.21. The summed E-state index contributed by atoms with van der Waals surface area (Å²) in [7, 11) is 4.06. The number of aryl methyl sites for hydroxylation is 1. The number of thiophene rings is 1. The molecule has 0 saturated carbocycles. The molecule has 1 aromatic heterocycles. The number of carbonyl (C=O) groups excluding carboxylic acids is 1. The molecule has 1 aromatic carbocycles. The van der Waals surface area contributed by atoms with E-state index in [1.807, 2.05) is 57.4 Å². The molecule has 118 valence electrons. The van der Waals surface area contributed by atoms with Crippen LogP contribution in [-0.2, 0) is 0 Å². The van der Waals surface area contributed by atoms with E-state index in [1.165, 1.54) is 11.3 Å². The van der Waals surface area contributed by atoms with Crippen molar-refractivity contribution >= 4 is 28.8 Å². The molecule has 1 heterocycles. The van der Waals surface area contributed by atoms with E-state index >= 15 is 0 Å². The summed E-state index contributed by atoms with van der Waals surface area (Å²) in [5.41, 5.74) is 1.08. The number of hydrogen-bond donors (Lipinski definition) is 1. The van der Waals surface area contributed by atoms with Gasteiger partial charge in [0.25, 0.3) is 5.91 Å². The summed E-state index contributed by atoms with van der Waals surface area (Å²) in [6.07, 6.45) is 0.852. The minimum Gasteiger partial charge on any atom is -0.344 e. The monoisotopic (exact) mass is 336 g/mol. The third-order valence-electron chi connectivity index (χ3n) is 3.41. The fourth-order valence-corrected chi connectivity index (χ4v) is 3.09. The van der Waals surface area contributed by atoms with E-state index in [2.05, 4.69) is 10.2 Å². The second-order valence-electron chi connectivity index (χ2n) is 5.58. The van der Waals surface area contributed by atoms with Crippen LogP contribution in [0.2, 0.25) is 5.02 Å². The zero-order valence-corrected chi connectivity index (χ0v) is 14.7. The van der Waals surface area contributed by atoms with Crippen LogP contribution in [0.1, 0.15) is 32.6 Å². The first-order valence-electron chi connectivity index (χ1n) is 7.23. The summed E-state index contributed by atoms with van der Waals surface area (Å²) in [5, 5.41) is 3.84. The maximum atomic E-state index is 12.4. The van der Waals surface area contributed by atoms with Crippen LogP contribution >= 0.6 is 22.9 Å². The Labute approximate surface area is 140 Å². The number of hydrogen-bond acceptors (Lipinski definition) is 3. The summed E-state index contributed by atoms with van der Waals surface area (Å²) in [4.78, 5) is 16.4. The maximum absolute atomic E-state index is 12.4. The number of carbonyl (C=O) groups is 1. The lowest BCUT2D eigenvalue weighted by molar-refractivity contribution is 0.0937. The van der Waals surface area contributed by atoms with Crippen LogP contribution in [0.25, 0.3) is 0 Å². The number of nitrogens with zero attached hydrogens (tertiary/aromatic N) is 1. The van der Waals surface area contributed by atoms with E-state index < -0.39 is 0 Å². The molecule has 0 bridgehead atoms. The zero-order valence-electron chi connectivity index (χ0n) is 13.1. The predicted octanol–water partition coefficient (Wildman–Crippen LogP) is 4.13. The van der Waals surface area contributed by atoms with Crippen molar-refractivity contribution in [2.45, 2.75) is 19.4 Å². The quantitative estimate of drug-likeness (QED) is 0.860. The molecule has 5 heteroatoms. The highest BCUT2D eigenvalue weighted by atomic mass is 35.5. The van der Waals surface area contributed by atoms with Gasteiger partial charge >= 0.3 is 0 Å². The minimum absolute atomic E-state index is 0.0168. The van der Waals surface area contributed by atoms with Crippen LogP contribution in [0.5, 0.6) is 0 Å². The van der Waals surface area contributed by atoms with Crippen molar-refractivity contribution in [2.24, 2.45) is 0 Å². The molecule has 22 heavy (non-hydrogen) atoms. The Morgan fingerprint density at radius 2 is 1.91 bits per heavy atom. The van der Waals surface area contributed by atoms with E-state index in [0.29, 0.717) is 5.02 Å². The summed E-state index contributed by atoms with van der Waals surface area (Å²) < 4.78 is 0. The second kappa shape index (κ2) is 7.77. The molecule has 0 spiro atoms. The molecule has 0 aliphatic rings. The fraction of sp³-hybridized carbons (Fsp3) is 0.353. The SMILES string of the molecule is Cc1ccc(C(=O)NC(CCN(C)C)c2ccc(Cl)cc2)s1. The Balaban J connectivity index is 2.13. The molecule has 2 rings (SSSR count). The molecule has 0 aliphatic carbocycles. The molecule has 1 N–H and O–H groups in total. The minimum atomic E-state index is -0.0189. The third-order valence-corrected chi connectivity index (χ3v) is 4.66. The van der Waals surface area contributed by atoms with E-state index in [4.69, 9.17) is 11.6 Å². The summed E-state index contributed by atoms with van der Waals surface area (Å²) in [5.74, 6) is -0.0168. The number of amides is 1. The van der Waals surface area contributed by atoms with Crippen LogP contribution in [0, 0.1) is 6.92 Å². The van der Waals surface area contributed by atoms with Gasteiger partial charge in [0.1, 0.15) is 0 Å². The standard InChI is InChI=1S/C17H21ClN2OS/c1-12-4-9-16(22-12)17(21)19-15(10-11-20(2)3)13-5-7-14(18)8-6-13/h4-9,15H,10-11H2,1-3H3,(H,19,21). The van der Waals surface area contributed by atoms with Gasteiger partial charge in [-0.05, 0) is 63.8 Å². The Morgan fingerprint density at radius 3 is 2.45 bits per heavy atom. The van der Waals surface area contributed by atoms with E-state index in [1.54, 1.807) is 0 Å². The fourth-order valence-electron chi connectivity index (χ4n) is 2.19. The van der Waals surface area contributed by atoms with Gasteiger partial charge in [0.2, 0.25) is 0 Å². The van der Waals surface area contributed by atoms with Crippen molar-refractivity contribution in [2.75, 3.05) is 20.6 Å². The zero-order chi connectivity index (χ0) is 16.1. The van der Waals surface area contributed by atoms with Gasteiger partial charge in [-0.3, -0.25) is 4.79 Å². The van der Waals surface area contributed by atoms with Gasteiger partial charge in [-0.2, -0.15) is 0 Å². The lowest BCUT2D eigenvalue weighted by atomic mass is 10.0. The van der Waals surface area contributed by atoms with Crippen molar-refractivity contribution < 1.29 is 4.79 Å². The molecule has 0 aliphatic heterocycles. The molecular weight excluding hydrogens is 316 g/mol. The highest BCUT2D eigenvalue weighted by Gasteiger charge is 2.17. The van der Waals surface area contributed by atoms with Crippen LogP contribution in [0.3, 0.4) is 0 Å². The van der Waals surface area contributed by atoms with Crippen LogP contribution < -0.4 is 5.32 Å². The first-order chi connectivity index (χ1) is 10.5. The molecular formula is C17H21ClN2OS. The van der Waals surface area contributed by atoms with Gasteiger partial charge in [-0.25, -0.2) is 0 Å². The van der Waals surface area contributed by atoms with Gasteiger partial charge in [-0.1, -0.05) is 23.7 Å². The van der Waals surface area contributed by atoms with Gasteiger partial charge in [0.15, 0.2) is 0 Å². The average molecular weight is 337 g/mol. The number of halogens is 1. The highest BCUT2D eigenvalue weighted by Crippen LogP contribution is 2.22. The Kier molecular flexibility index (Phi) is 6.00. The topological polar surface area (TPSA) is 32.3 Å². The van der Waals surface area contributed by atoms with Crippen molar-refractivity contribution in [3.8, 4) is 0 Å². The van der Waals surface area contributed by atoms with Gasteiger partial charge in [0, 0.05) is 9.90 Å². The van der Waals surface area contributed by atoms with Crippen LogP contribution in [-0.4, -0.2) is 31.4 Å². The van der Waals surface area contributed by atoms with Crippen molar-refractivity contribution in [1.82, 2.24) is 10.2 Å². The van der Waals surface area contributed by atoms with Crippen molar-refractivity contribution in [3.05, 3.63) is 56.7 Å². The van der Waals surface area contributed by atoms with Crippen LogP contribution in [0.4, 0.5) is 0 Å². The molecule has 3 nitrogen and oxygen atoms in total. The lowest BCUT2D eigenvalue weighted by Crippen LogP contribution is -2.30. The summed E-state index contributed by atoms with van der Waals surface area (Å²) >= 11 is 7.47. The smallest absolute Gasteiger partial charge is 0.261 e. The third kappa shape index (κ3) is 4.83. The molecule has 1 unspecified atom stereocenters. The first-order valence-corrected chi connectivity index (χ1v) is 8.42. The predicted molar refractivity (Wildman–Crippen MR) is 93.9 cm³/mol. The van der Waals surface area contributed by atoms with Gasteiger partial charge < -0.3 is 10.2 Å². The number of rotatable bonds is 6. The Hall–Kier alpha value is -1.36. The molecule has 2 aromatic rings. The average Bonchev–Trinajstić information content (AvgIpc) is 2.91. The summed E-state index contributed by atoms with van der Waals surface area (Å²) in [6, 6.07) is 11.5. The normalized spacial score (nSPS) is 12.4. The molecule has 1 amide bonds. The number of nitrogens with one attached hydrogen (secondary N) is 1. The largest absolute Gasteiger partial charge is 0.344 e. The molecule has 1 atom stereocenters. The maximum Gasteiger partial charge on any atom is 0.261 e. The van der Waals surface area contributed by atoms with Crippen LogP contribution in [0.15, 0.2) is 36.4 Å². The van der Waals surface area contributed by atoms with Gasteiger partial charge in [0.05, 0.1) is 10.9 Å². The Bertz CT molecular complexity index is 622. The van der Waals surface area contributed by atoms with Gasteiger partial charge in [-0.15, -0.1) is 11.3 Å². The first kappa shape index (κ1) is 17.0. The highest BCUT2D eigenvalue weighted by molar-refractivity contribution is 7.13. The van der Waals surface area contributed by atoms with E-state index in [0.717, 1.165) is 28.3 Å². The molecule has 0 saturated heterocycles. The molecule has 0 radical (unpaired) electrons. The van der Waals surface area contributed by atoms with Crippen molar-refractivity contribution in [3.63, 3.8) is 0 Å². The summed E-state index contributed by atoms with van der Waals surface area (Å²) in [6.45, 7) is 2.90. The number of benzene rings is 1. The van der Waals surface area contributed by atoms with Crippen molar-refractivity contribution in [1.29, 1.82) is 0 Å².